The maximum absolute atomic E-state index is 9.29. The summed E-state index contributed by atoms with van der Waals surface area (Å²) in [6.45, 7) is 1.31. The number of hydrogen-bond acceptors (Lipinski definition) is 3. The lowest BCUT2D eigenvalue weighted by molar-refractivity contribution is -0.173. The van der Waals surface area contributed by atoms with E-state index in [4.69, 9.17) is 9.47 Å². The number of aliphatic hydroxyl groups is 1. The van der Waals surface area contributed by atoms with Crippen molar-refractivity contribution >= 4 is 0 Å². The zero-order valence-corrected chi connectivity index (χ0v) is 6.32. The lowest BCUT2D eigenvalue weighted by atomic mass is 9.98. The number of hydrogen-bond donors (Lipinski definition) is 1. The maximum Gasteiger partial charge on any atom is 0.174 e. The number of rotatable bonds is 0. The topological polar surface area (TPSA) is 38.7 Å². The Bertz CT molecular complexity index is 170. The van der Waals surface area contributed by atoms with E-state index in [2.05, 4.69) is 0 Å². The van der Waals surface area contributed by atoms with E-state index in [0.717, 1.165) is 6.42 Å². The van der Waals surface area contributed by atoms with Gasteiger partial charge in [-0.1, -0.05) is 12.2 Å². The zero-order chi connectivity index (χ0) is 7.73. The average molecular weight is 156 g/mol. The van der Waals surface area contributed by atoms with Crippen LogP contribution in [0.4, 0.5) is 0 Å². The second-order valence-electron chi connectivity index (χ2n) is 3.01. The number of aliphatic hydroxyl groups excluding tert-OH is 1. The van der Waals surface area contributed by atoms with Gasteiger partial charge in [-0.05, 0) is 0 Å². The van der Waals surface area contributed by atoms with Gasteiger partial charge in [-0.25, -0.2) is 0 Å². The van der Waals surface area contributed by atoms with E-state index in [0.29, 0.717) is 19.6 Å². The van der Waals surface area contributed by atoms with Crippen molar-refractivity contribution < 1.29 is 14.6 Å². The Kier molecular flexibility index (Phi) is 1.71. The van der Waals surface area contributed by atoms with Gasteiger partial charge in [-0.2, -0.15) is 0 Å². The summed E-state index contributed by atoms with van der Waals surface area (Å²) in [4.78, 5) is 0. The van der Waals surface area contributed by atoms with Crippen LogP contribution < -0.4 is 0 Å². The zero-order valence-electron chi connectivity index (χ0n) is 6.32. The molecule has 2 rings (SSSR count). The molecule has 1 atom stereocenters. The van der Waals surface area contributed by atoms with Crippen molar-refractivity contribution in [3.8, 4) is 0 Å². The van der Waals surface area contributed by atoms with Crippen molar-refractivity contribution in [2.24, 2.45) is 0 Å². The first-order chi connectivity index (χ1) is 5.31. The molecule has 1 spiro atoms. The molecule has 3 nitrogen and oxygen atoms in total. The van der Waals surface area contributed by atoms with E-state index in [9.17, 15) is 5.11 Å². The Morgan fingerprint density at radius 2 is 2.09 bits per heavy atom. The van der Waals surface area contributed by atoms with Gasteiger partial charge in [-0.3, -0.25) is 0 Å². The van der Waals surface area contributed by atoms with Crippen LogP contribution in [0.15, 0.2) is 12.2 Å². The van der Waals surface area contributed by atoms with Gasteiger partial charge in [-0.15, -0.1) is 0 Å². The molecule has 1 aliphatic heterocycles. The van der Waals surface area contributed by atoms with Crippen LogP contribution in [0, 0.1) is 0 Å². The minimum atomic E-state index is -0.492. The van der Waals surface area contributed by atoms with Crippen LogP contribution in [-0.4, -0.2) is 30.2 Å². The largest absolute Gasteiger partial charge is 0.389 e. The fraction of sp³-hybridized carbons (Fsp3) is 0.750. The molecule has 1 N–H and O–H groups in total. The molecule has 62 valence electrons. The fourth-order valence-corrected chi connectivity index (χ4v) is 1.61. The summed E-state index contributed by atoms with van der Waals surface area (Å²) in [6.07, 6.45) is 4.64. The van der Waals surface area contributed by atoms with E-state index >= 15 is 0 Å². The van der Waals surface area contributed by atoms with Crippen LogP contribution in [0.3, 0.4) is 0 Å². The highest BCUT2D eigenvalue weighted by Crippen LogP contribution is 2.32. The van der Waals surface area contributed by atoms with Gasteiger partial charge in [0.2, 0.25) is 0 Å². The first kappa shape index (κ1) is 7.28. The van der Waals surface area contributed by atoms with Gasteiger partial charge < -0.3 is 14.6 Å². The van der Waals surface area contributed by atoms with E-state index in [1.54, 1.807) is 6.08 Å². The van der Waals surface area contributed by atoms with Crippen LogP contribution >= 0.6 is 0 Å². The monoisotopic (exact) mass is 156 g/mol. The van der Waals surface area contributed by atoms with Crippen molar-refractivity contribution in [3.05, 3.63) is 12.2 Å². The molecule has 1 unspecified atom stereocenters. The van der Waals surface area contributed by atoms with Crippen LogP contribution in [0.5, 0.6) is 0 Å². The summed E-state index contributed by atoms with van der Waals surface area (Å²) in [5, 5.41) is 9.29. The molecule has 0 aromatic carbocycles. The van der Waals surface area contributed by atoms with Crippen molar-refractivity contribution in [3.63, 3.8) is 0 Å². The van der Waals surface area contributed by atoms with Crippen molar-refractivity contribution in [1.29, 1.82) is 0 Å². The minimum absolute atomic E-state index is 0.401. The molecule has 2 aliphatic rings. The third-order valence-corrected chi connectivity index (χ3v) is 2.12. The smallest absolute Gasteiger partial charge is 0.174 e. The molecule has 0 aromatic heterocycles. The fourth-order valence-electron chi connectivity index (χ4n) is 1.61. The quantitative estimate of drug-likeness (QED) is 0.517. The molecule has 1 heterocycles. The molecule has 1 saturated heterocycles. The highest BCUT2D eigenvalue weighted by Gasteiger charge is 2.38. The predicted octanol–water partition coefficient (Wildman–Crippen LogP) is 0.440. The Morgan fingerprint density at radius 3 is 2.73 bits per heavy atom. The SMILES string of the molecule is OC1C=CCC2(C1)OCCO2. The van der Waals surface area contributed by atoms with E-state index in [1.165, 1.54) is 0 Å². The molecule has 0 amide bonds. The summed E-state index contributed by atoms with van der Waals surface area (Å²) >= 11 is 0. The van der Waals surface area contributed by atoms with Gasteiger partial charge in [0, 0.05) is 12.8 Å². The molecule has 1 fully saturated rings. The van der Waals surface area contributed by atoms with Gasteiger partial charge in [0.15, 0.2) is 5.79 Å². The third-order valence-electron chi connectivity index (χ3n) is 2.12. The molecule has 3 heteroatoms. The summed E-state index contributed by atoms with van der Waals surface area (Å²) in [5.74, 6) is -0.492. The van der Waals surface area contributed by atoms with Gasteiger partial charge in [0.25, 0.3) is 0 Å². The highest BCUT2D eigenvalue weighted by molar-refractivity contribution is 5.01. The first-order valence-electron chi connectivity index (χ1n) is 3.93. The Balaban J connectivity index is 2.09. The van der Waals surface area contributed by atoms with Crippen LogP contribution in [-0.2, 0) is 9.47 Å². The summed E-state index contributed by atoms with van der Waals surface area (Å²) in [6, 6.07) is 0. The summed E-state index contributed by atoms with van der Waals surface area (Å²) in [7, 11) is 0. The summed E-state index contributed by atoms with van der Waals surface area (Å²) in [5.41, 5.74) is 0. The van der Waals surface area contributed by atoms with Crippen LogP contribution in [0.1, 0.15) is 12.8 Å². The Hall–Kier alpha value is -0.380. The standard InChI is InChI=1S/C8H12O3/c9-7-2-1-3-8(6-7)10-4-5-11-8/h1-2,7,9H,3-6H2. The maximum atomic E-state index is 9.29. The van der Waals surface area contributed by atoms with Crippen molar-refractivity contribution in [2.75, 3.05) is 13.2 Å². The number of ether oxygens (including phenoxy) is 2. The van der Waals surface area contributed by atoms with Gasteiger partial charge in [0.05, 0.1) is 19.3 Å². The highest BCUT2D eigenvalue weighted by atomic mass is 16.7. The predicted molar refractivity (Wildman–Crippen MR) is 39.0 cm³/mol. The molecule has 0 aromatic rings. The summed E-state index contributed by atoms with van der Waals surface area (Å²) < 4.78 is 10.8. The van der Waals surface area contributed by atoms with E-state index < -0.39 is 11.9 Å². The molecule has 0 bridgehead atoms. The molecule has 0 saturated carbocycles. The third kappa shape index (κ3) is 1.31. The van der Waals surface area contributed by atoms with Crippen molar-refractivity contribution in [2.45, 2.75) is 24.7 Å². The van der Waals surface area contributed by atoms with E-state index in [-0.39, 0.29) is 0 Å². The lowest BCUT2D eigenvalue weighted by Gasteiger charge is -2.30. The minimum Gasteiger partial charge on any atom is -0.389 e. The first-order valence-corrected chi connectivity index (χ1v) is 3.93. The van der Waals surface area contributed by atoms with Crippen molar-refractivity contribution in [1.82, 2.24) is 0 Å². The normalized spacial score (nSPS) is 34.8. The second-order valence-corrected chi connectivity index (χ2v) is 3.01. The molecular weight excluding hydrogens is 144 g/mol. The van der Waals surface area contributed by atoms with Crippen LogP contribution in [0.25, 0.3) is 0 Å². The van der Waals surface area contributed by atoms with E-state index in [1.807, 2.05) is 6.08 Å². The molecular formula is C8H12O3. The molecule has 1 aliphatic carbocycles. The van der Waals surface area contributed by atoms with Gasteiger partial charge >= 0.3 is 0 Å². The van der Waals surface area contributed by atoms with Gasteiger partial charge in [0.1, 0.15) is 0 Å². The lowest BCUT2D eigenvalue weighted by Crippen LogP contribution is -2.36. The average Bonchev–Trinajstić information content (AvgIpc) is 2.37. The van der Waals surface area contributed by atoms with Crippen LogP contribution in [0.2, 0.25) is 0 Å². The molecule has 0 radical (unpaired) electrons. The Labute approximate surface area is 65.6 Å². The second kappa shape index (κ2) is 2.59. The molecule has 11 heavy (non-hydrogen) atoms. The Morgan fingerprint density at radius 1 is 1.36 bits per heavy atom.